The van der Waals surface area contributed by atoms with Gasteiger partial charge in [0.25, 0.3) is 0 Å². The SMILES string of the molecule is Cc1ccc(S(=O)(=O)NC(CCSc2nnc(N3CCCC3)n2C2CC2)c2ccccc2)cc1. The number of hydrogen-bond donors (Lipinski definition) is 1. The maximum Gasteiger partial charge on any atom is 0.241 e. The first-order valence-corrected chi connectivity index (χ1v) is 14.4. The third-order valence-electron chi connectivity index (χ3n) is 6.42. The summed E-state index contributed by atoms with van der Waals surface area (Å²) in [5, 5.41) is 9.99. The Hall–Kier alpha value is -2.36. The van der Waals surface area contributed by atoms with Crippen LogP contribution in [0.1, 0.15) is 55.3 Å². The molecule has 1 N–H and O–H groups in total. The van der Waals surface area contributed by atoms with Crippen LogP contribution in [0.2, 0.25) is 0 Å². The molecule has 1 unspecified atom stereocenters. The molecule has 1 atom stereocenters. The Labute approximate surface area is 206 Å². The maximum absolute atomic E-state index is 13.1. The van der Waals surface area contributed by atoms with E-state index in [1.54, 1.807) is 23.9 Å². The second kappa shape index (κ2) is 10.1. The van der Waals surface area contributed by atoms with Gasteiger partial charge in [0, 0.05) is 30.9 Å². The lowest BCUT2D eigenvalue weighted by Gasteiger charge is -2.20. The molecule has 180 valence electrons. The summed E-state index contributed by atoms with van der Waals surface area (Å²) in [7, 11) is -3.64. The molecule has 34 heavy (non-hydrogen) atoms. The Balaban J connectivity index is 1.31. The molecule has 3 aromatic rings. The van der Waals surface area contributed by atoms with Crippen molar-refractivity contribution < 1.29 is 8.42 Å². The molecule has 7 nitrogen and oxygen atoms in total. The predicted octanol–water partition coefficient (Wildman–Crippen LogP) is 4.72. The van der Waals surface area contributed by atoms with Gasteiger partial charge < -0.3 is 4.90 Å². The average molecular weight is 498 g/mol. The van der Waals surface area contributed by atoms with Gasteiger partial charge in [-0.1, -0.05) is 59.8 Å². The molecule has 0 bridgehead atoms. The Morgan fingerprint density at radius 2 is 1.74 bits per heavy atom. The summed E-state index contributed by atoms with van der Waals surface area (Å²) < 4.78 is 31.5. The fourth-order valence-corrected chi connectivity index (χ4v) is 6.64. The molecular formula is C25H31N5O2S2. The molecule has 1 aliphatic carbocycles. The fraction of sp³-hybridized carbons (Fsp3) is 0.440. The van der Waals surface area contributed by atoms with Crippen molar-refractivity contribution >= 4 is 27.7 Å². The van der Waals surface area contributed by atoms with Gasteiger partial charge in [-0.3, -0.25) is 4.57 Å². The second-order valence-electron chi connectivity index (χ2n) is 9.11. The number of thioether (sulfide) groups is 1. The molecule has 0 radical (unpaired) electrons. The van der Waals surface area contributed by atoms with Crippen molar-refractivity contribution in [3.05, 3.63) is 65.7 Å². The van der Waals surface area contributed by atoms with Gasteiger partial charge in [0.2, 0.25) is 16.0 Å². The minimum Gasteiger partial charge on any atom is -0.341 e. The van der Waals surface area contributed by atoms with E-state index in [9.17, 15) is 8.42 Å². The minimum absolute atomic E-state index is 0.287. The third kappa shape index (κ3) is 5.31. The van der Waals surface area contributed by atoms with Crippen LogP contribution in [-0.2, 0) is 10.0 Å². The largest absolute Gasteiger partial charge is 0.341 e. The van der Waals surface area contributed by atoms with E-state index in [0.717, 1.165) is 41.1 Å². The molecule has 0 spiro atoms. The van der Waals surface area contributed by atoms with Crippen LogP contribution in [0.15, 0.2) is 64.6 Å². The van der Waals surface area contributed by atoms with E-state index in [1.807, 2.05) is 49.4 Å². The zero-order valence-electron chi connectivity index (χ0n) is 19.4. The molecule has 2 fully saturated rings. The smallest absolute Gasteiger partial charge is 0.241 e. The monoisotopic (exact) mass is 497 g/mol. The first-order valence-electron chi connectivity index (χ1n) is 12.0. The van der Waals surface area contributed by atoms with E-state index in [0.29, 0.717) is 12.5 Å². The van der Waals surface area contributed by atoms with Crippen molar-refractivity contribution in [1.29, 1.82) is 0 Å². The number of hydrogen-bond acceptors (Lipinski definition) is 6. The molecular weight excluding hydrogens is 466 g/mol. The standard InChI is InChI=1S/C25H31N5O2S2/c1-19-9-13-22(14-10-19)34(31,32)28-23(20-7-3-2-4-8-20)15-18-33-25-27-26-24(29-16-5-6-17-29)30(25)21-11-12-21/h2-4,7-10,13-14,21,23,28H,5-6,11-12,15-18H2,1H3. The summed E-state index contributed by atoms with van der Waals surface area (Å²) in [6.07, 6.45) is 5.42. The van der Waals surface area contributed by atoms with Crippen LogP contribution in [0.25, 0.3) is 0 Å². The summed E-state index contributed by atoms with van der Waals surface area (Å²) in [5.41, 5.74) is 1.99. The van der Waals surface area contributed by atoms with Gasteiger partial charge in [-0.15, -0.1) is 10.2 Å². The number of aromatic nitrogens is 3. The minimum atomic E-state index is -3.64. The van der Waals surface area contributed by atoms with Crippen LogP contribution in [-0.4, -0.2) is 42.0 Å². The van der Waals surface area contributed by atoms with E-state index >= 15 is 0 Å². The number of benzene rings is 2. The number of aryl methyl sites for hydroxylation is 1. The van der Waals surface area contributed by atoms with E-state index in [4.69, 9.17) is 0 Å². The van der Waals surface area contributed by atoms with E-state index in [1.165, 1.54) is 25.7 Å². The normalized spacial score (nSPS) is 17.3. The summed E-state index contributed by atoms with van der Waals surface area (Å²) >= 11 is 1.67. The highest BCUT2D eigenvalue weighted by molar-refractivity contribution is 7.99. The third-order valence-corrected chi connectivity index (χ3v) is 8.88. The molecule has 2 heterocycles. The number of nitrogens with zero attached hydrogens (tertiary/aromatic N) is 4. The average Bonchev–Trinajstić information content (AvgIpc) is 3.36. The number of nitrogens with one attached hydrogen (secondary N) is 1. The highest BCUT2D eigenvalue weighted by Gasteiger charge is 2.32. The van der Waals surface area contributed by atoms with Crippen molar-refractivity contribution in [1.82, 2.24) is 19.5 Å². The lowest BCUT2D eigenvalue weighted by molar-refractivity contribution is 0.551. The highest BCUT2D eigenvalue weighted by atomic mass is 32.2. The van der Waals surface area contributed by atoms with Crippen LogP contribution in [0.4, 0.5) is 5.95 Å². The van der Waals surface area contributed by atoms with Gasteiger partial charge in [-0.05, 0) is 56.7 Å². The fourth-order valence-electron chi connectivity index (χ4n) is 4.37. The zero-order chi connectivity index (χ0) is 23.5. The Morgan fingerprint density at radius 1 is 1.03 bits per heavy atom. The van der Waals surface area contributed by atoms with Gasteiger partial charge in [-0.2, -0.15) is 0 Å². The van der Waals surface area contributed by atoms with Crippen LogP contribution < -0.4 is 9.62 Å². The number of rotatable bonds is 10. The maximum atomic E-state index is 13.1. The summed E-state index contributed by atoms with van der Waals surface area (Å²) in [4.78, 5) is 2.63. The number of anilines is 1. The molecule has 1 aliphatic heterocycles. The quantitative estimate of drug-likeness (QED) is 0.408. The highest BCUT2D eigenvalue weighted by Crippen LogP contribution is 2.41. The van der Waals surface area contributed by atoms with Crippen molar-refractivity contribution in [3.8, 4) is 0 Å². The molecule has 1 saturated carbocycles. The molecule has 9 heteroatoms. The van der Waals surface area contributed by atoms with Crippen LogP contribution in [0.3, 0.4) is 0 Å². The predicted molar refractivity (Wildman–Crippen MR) is 136 cm³/mol. The topological polar surface area (TPSA) is 80.1 Å². The van der Waals surface area contributed by atoms with Crippen molar-refractivity contribution in [2.75, 3.05) is 23.7 Å². The first-order chi connectivity index (χ1) is 16.5. The molecule has 2 aromatic carbocycles. The summed E-state index contributed by atoms with van der Waals surface area (Å²) in [5.74, 6) is 1.74. The Kier molecular flexibility index (Phi) is 6.94. The van der Waals surface area contributed by atoms with Gasteiger partial charge in [-0.25, -0.2) is 13.1 Å². The van der Waals surface area contributed by atoms with Gasteiger partial charge in [0.1, 0.15) is 0 Å². The number of sulfonamides is 1. The lowest BCUT2D eigenvalue weighted by atomic mass is 10.1. The van der Waals surface area contributed by atoms with Gasteiger partial charge in [0.15, 0.2) is 5.16 Å². The zero-order valence-corrected chi connectivity index (χ0v) is 21.1. The van der Waals surface area contributed by atoms with Crippen molar-refractivity contribution in [2.45, 2.75) is 61.2 Å². The lowest BCUT2D eigenvalue weighted by Crippen LogP contribution is -2.29. The van der Waals surface area contributed by atoms with E-state index in [2.05, 4.69) is 24.4 Å². The van der Waals surface area contributed by atoms with E-state index in [-0.39, 0.29) is 10.9 Å². The molecule has 5 rings (SSSR count). The Bertz CT molecular complexity index is 1200. The van der Waals surface area contributed by atoms with E-state index < -0.39 is 10.0 Å². The van der Waals surface area contributed by atoms with Gasteiger partial charge >= 0.3 is 0 Å². The molecule has 1 saturated heterocycles. The van der Waals surface area contributed by atoms with Crippen LogP contribution >= 0.6 is 11.8 Å². The van der Waals surface area contributed by atoms with Crippen LogP contribution in [0, 0.1) is 6.92 Å². The van der Waals surface area contributed by atoms with Crippen molar-refractivity contribution in [2.24, 2.45) is 0 Å². The Morgan fingerprint density at radius 3 is 2.41 bits per heavy atom. The van der Waals surface area contributed by atoms with Crippen molar-refractivity contribution in [3.63, 3.8) is 0 Å². The van der Waals surface area contributed by atoms with Crippen LogP contribution in [0.5, 0.6) is 0 Å². The molecule has 1 aromatic heterocycles. The molecule has 2 aliphatic rings. The second-order valence-corrected chi connectivity index (χ2v) is 11.9. The summed E-state index contributed by atoms with van der Waals surface area (Å²) in [6.45, 7) is 4.04. The van der Waals surface area contributed by atoms with Gasteiger partial charge in [0.05, 0.1) is 4.90 Å². The summed E-state index contributed by atoms with van der Waals surface area (Å²) in [6, 6.07) is 16.9. The first kappa shape index (κ1) is 23.4. The molecule has 0 amide bonds.